The van der Waals surface area contributed by atoms with E-state index in [0.717, 1.165) is 15.8 Å². The van der Waals surface area contributed by atoms with E-state index in [9.17, 15) is 9.90 Å². The van der Waals surface area contributed by atoms with Crippen LogP contribution < -0.4 is 5.69 Å². The van der Waals surface area contributed by atoms with E-state index in [1.54, 1.807) is 19.2 Å². The van der Waals surface area contributed by atoms with Gasteiger partial charge in [-0.05, 0) is 49.1 Å². The molecule has 0 radical (unpaired) electrons. The van der Waals surface area contributed by atoms with Crippen molar-refractivity contribution in [2.75, 3.05) is 0 Å². The van der Waals surface area contributed by atoms with Crippen LogP contribution in [0.4, 0.5) is 4.39 Å². The molecule has 4 aromatic rings. The van der Waals surface area contributed by atoms with Crippen molar-refractivity contribution in [1.29, 1.82) is 0 Å². The Balaban J connectivity index is 2.01. The predicted molar refractivity (Wildman–Crippen MR) is 122 cm³/mol. The van der Waals surface area contributed by atoms with Crippen LogP contribution in [-0.2, 0) is 13.2 Å². The molecule has 0 saturated heterocycles. The molecule has 0 amide bonds. The Hall–Kier alpha value is -3.10. The predicted octanol–water partition coefficient (Wildman–Crippen LogP) is 4.38. The molecular weight excluding hydrogens is 433 g/mol. The quantitative estimate of drug-likeness (QED) is 0.451. The fourth-order valence-corrected chi connectivity index (χ4v) is 4.19. The highest BCUT2D eigenvalue weighted by Gasteiger charge is 2.20. The summed E-state index contributed by atoms with van der Waals surface area (Å²) >= 11 is 6.35. The maximum absolute atomic E-state index is 15.2. The number of aryl methyl sites for hydroxylation is 1. The topological polar surface area (TPSA) is 85.8 Å². The van der Waals surface area contributed by atoms with Crippen molar-refractivity contribution >= 4 is 22.5 Å². The molecule has 0 aliphatic carbocycles. The third-order valence-corrected chi connectivity index (χ3v) is 5.81. The first-order chi connectivity index (χ1) is 15.3. The fourth-order valence-electron chi connectivity index (χ4n) is 3.89. The Labute approximate surface area is 189 Å². The highest BCUT2D eigenvalue weighted by Crippen LogP contribution is 2.35. The van der Waals surface area contributed by atoms with Gasteiger partial charge in [0.2, 0.25) is 0 Å². The van der Waals surface area contributed by atoms with Crippen LogP contribution in [0.5, 0.6) is 0 Å². The number of halogens is 2. The average molecular weight is 456 g/mol. The normalized spacial score (nSPS) is 11.6. The van der Waals surface area contributed by atoms with Crippen LogP contribution in [0, 0.1) is 12.7 Å². The lowest BCUT2D eigenvalue weighted by Crippen LogP contribution is -2.24. The summed E-state index contributed by atoms with van der Waals surface area (Å²) in [5.41, 5.74) is 3.09. The monoisotopic (exact) mass is 455 g/mol. The summed E-state index contributed by atoms with van der Waals surface area (Å²) in [5, 5.41) is 14.7. The van der Waals surface area contributed by atoms with Crippen molar-refractivity contribution in [2.24, 2.45) is 0 Å². The van der Waals surface area contributed by atoms with Gasteiger partial charge < -0.3 is 5.11 Å². The summed E-state index contributed by atoms with van der Waals surface area (Å²) in [5.74, 6) is -0.374. The first kappa shape index (κ1) is 22.1. The largest absolute Gasteiger partial charge is 0.388 e. The van der Waals surface area contributed by atoms with Gasteiger partial charge in [0, 0.05) is 29.8 Å². The lowest BCUT2D eigenvalue weighted by Gasteiger charge is -2.15. The number of aromatic nitrogens is 5. The number of hydrogen-bond donors (Lipinski definition) is 1. The molecule has 0 atom stereocenters. The minimum atomic E-state index is -0.641. The molecule has 166 valence electrons. The van der Waals surface area contributed by atoms with Crippen LogP contribution in [0.3, 0.4) is 0 Å². The Morgan fingerprint density at radius 3 is 2.59 bits per heavy atom. The molecule has 7 nitrogen and oxygen atoms in total. The molecule has 32 heavy (non-hydrogen) atoms. The molecule has 3 aromatic heterocycles. The highest BCUT2D eigenvalue weighted by atomic mass is 35.5. The molecule has 0 bridgehead atoms. The maximum Gasteiger partial charge on any atom is 0.350 e. The fraction of sp³-hybridized carbons (Fsp3) is 0.304. The van der Waals surface area contributed by atoms with Gasteiger partial charge in [0.25, 0.3) is 0 Å². The van der Waals surface area contributed by atoms with Crippen molar-refractivity contribution in [3.8, 4) is 16.9 Å². The minimum absolute atomic E-state index is 0.0106. The van der Waals surface area contributed by atoms with Crippen LogP contribution in [-0.4, -0.2) is 29.4 Å². The maximum atomic E-state index is 15.2. The first-order valence-corrected chi connectivity index (χ1v) is 10.7. The van der Waals surface area contributed by atoms with Crippen LogP contribution in [0.2, 0.25) is 5.15 Å². The van der Waals surface area contributed by atoms with Gasteiger partial charge in [-0.2, -0.15) is 4.68 Å². The lowest BCUT2D eigenvalue weighted by molar-refractivity contribution is 0.264. The summed E-state index contributed by atoms with van der Waals surface area (Å²) in [6.07, 6.45) is 1.63. The smallest absolute Gasteiger partial charge is 0.350 e. The number of hydrogen-bond acceptors (Lipinski definition) is 5. The molecule has 3 heterocycles. The van der Waals surface area contributed by atoms with E-state index in [1.807, 2.05) is 32.9 Å². The Kier molecular flexibility index (Phi) is 5.83. The Morgan fingerprint density at radius 1 is 1.25 bits per heavy atom. The van der Waals surface area contributed by atoms with E-state index in [4.69, 9.17) is 11.6 Å². The molecule has 9 heteroatoms. The molecule has 0 aliphatic rings. The second kappa shape index (κ2) is 8.44. The first-order valence-electron chi connectivity index (χ1n) is 10.3. The number of aliphatic hydroxyl groups excluding tert-OH is 1. The standard InChI is InChI=1S/C23H23ClFN5O2/c1-5-29-20(11-31)28-30(23(29)32)19-9-15-14(12(2)3)8-18(27-17(15)10-16(19)25)21-13(4)6-7-26-22(21)24/h6-10,12,31H,5,11H2,1-4H3. The second-order valence-corrected chi connectivity index (χ2v) is 8.24. The van der Waals surface area contributed by atoms with Gasteiger partial charge >= 0.3 is 5.69 Å². The Morgan fingerprint density at radius 2 is 2.00 bits per heavy atom. The Bertz CT molecular complexity index is 1370. The molecule has 0 saturated carbocycles. The van der Waals surface area contributed by atoms with Crippen molar-refractivity contribution in [3.05, 3.63) is 68.9 Å². The number of pyridine rings is 2. The SMILES string of the molecule is CCn1c(CO)nn(-c2cc3c(C(C)C)cc(-c4c(C)ccnc4Cl)nc3cc2F)c1=O. The number of rotatable bonds is 5. The molecule has 0 aliphatic heterocycles. The van der Waals surface area contributed by atoms with Gasteiger partial charge in [0.05, 0.1) is 11.2 Å². The van der Waals surface area contributed by atoms with E-state index in [0.29, 0.717) is 33.9 Å². The molecule has 1 aromatic carbocycles. The van der Waals surface area contributed by atoms with E-state index >= 15 is 4.39 Å². The molecule has 0 spiro atoms. The minimum Gasteiger partial charge on any atom is -0.388 e. The lowest BCUT2D eigenvalue weighted by atomic mass is 9.95. The highest BCUT2D eigenvalue weighted by molar-refractivity contribution is 6.32. The third-order valence-electron chi connectivity index (χ3n) is 5.53. The summed E-state index contributed by atoms with van der Waals surface area (Å²) < 4.78 is 17.5. The molecule has 0 unspecified atom stereocenters. The summed E-state index contributed by atoms with van der Waals surface area (Å²) in [6.45, 7) is 7.64. The second-order valence-electron chi connectivity index (χ2n) is 7.88. The summed E-state index contributed by atoms with van der Waals surface area (Å²) in [6, 6.07) is 6.66. The molecule has 1 N–H and O–H groups in total. The van der Waals surface area contributed by atoms with E-state index in [2.05, 4.69) is 15.1 Å². The average Bonchev–Trinajstić information content (AvgIpc) is 3.07. The van der Waals surface area contributed by atoms with Crippen LogP contribution in [0.1, 0.15) is 43.6 Å². The van der Waals surface area contributed by atoms with Crippen LogP contribution in [0.25, 0.3) is 27.8 Å². The zero-order valence-electron chi connectivity index (χ0n) is 18.2. The number of nitrogens with zero attached hydrogens (tertiary/aromatic N) is 5. The number of benzene rings is 1. The van der Waals surface area contributed by atoms with E-state index in [1.165, 1.54) is 10.6 Å². The third kappa shape index (κ3) is 3.59. The van der Waals surface area contributed by atoms with Gasteiger partial charge in [-0.25, -0.2) is 19.2 Å². The molecular formula is C23H23ClFN5O2. The molecule has 0 fully saturated rings. The number of fused-ring (bicyclic) bond motifs is 1. The van der Waals surface area contributed by atoms with Crippen molar-refractivity contribution in [3.63, 3.8) is 0 Å². The van der Waals surface area contributed by atoms with Gasteiger partial charge in [-0.15, -0.1) is 5.10 Å². The van der Waals surface area contributed by atoms with Gasteiger partial charge in [-0.3, -0.25) is 4.57 Å². The molecule has 4 rings (SSSR count). The van der Waals surface area contributed by atoms with Gasteiger partial charge in [-0.1, -0.05) is 25.4 Å². The van der Waals surface area contributed by atoms with Crippen molar-refractivity contribution in [2.45, 2.75) is 46.8 Å². The zero-order valence-corrected chi connectivity index (χ0v) is 19.0. The summed E-state index contributed by atoms with van der Waals surface area (Å²) in [4.78, 5) is 21.6. The van der Waals surface area contributed by atoms with Crippen LogP contribution >= 0.6 is 11.6 Å². The van der Waals surface area contributed by atoms with E-state index < -0.39 is 18.1 Å². The van der Waals surface area contributed by atoms with Crippen molar-refractivity contribution in [1.82, 2.24) is 24.3 Å². The van der Waals surface area contributed by atoms with Crippen LogP contribution in [0.15, 0.2) is 35.3 Å². The zero-order chi connectivity index (χ0) is 23.2. The van der Waals surface area contributed by atoms with E-state index in [-0.39, 0.29) is 17.4 Å². The van der Waals surface area contributed by atoms with Gasteiger partial charge in [0.15, 0.2) is 11.6 Å². The summed E-state index contributed by atoms with van der Waals surface area (Å²) in [7, 11) is 0. The number of aliphatic hydroxyl groups is 1. The van der Waals surface area contributed by atoms with Gasteiger partial charge in [0.1, 0.15) is 17.4 Å². The van der Waals surface area contributed by atoms with Crippen molar-refractivity contribution < 1.29 is 9.50 Å².